The van der Waals surface area contributed by atoms with Gasteiger partial charge in [0, 0.05) is 38.2 Å². The summed E-state index contributed by atoms with van der Waals surface area (Å²) in [4.78, 5) is 14.1. The first-order chi connectivity index (χ1) is 7.79. The summed E-state index contributed by atoms with van der Waals surface area (Å²) in [5.74, 6) is 0.149. The number of likely N-dealkylation sites (tertiary alicyclic amines) is 1. The molecule has 92 valence electrons. The number of aliphatic hydroxyl groups is 1. The Bertz CT molecular complexity index is 241. The number of nitrogens with one attached hydrogen (secondary N) is 1. The van der Waals surface area contributed by atoms with Gasteiger partial charge in [-0.25, -0.2) is 0 Å². The molecule has 1 saturated heterocycles. The van der Waals surface area contributed by atoms with Crippen LogP contribution in [-0.4, -0.2) is 47.7 Å². The minimum absolute atomic E-state index is 0.149. The van der Waals surface area contributed by atoms with E-state index in [1.165, 1.54) is 12.8 Å². The Kier molecular flexibility index (Phi) is 4.18. The smallest absolute Gasteiger partial charge is 0.220 e. The average molecular weight is 226 g/mol. The molecule has 1 saturated carbocycles. The van der Waals surface area contributed by atoms with Crippen LogP contribution in [0.1, 0.15) is 38.5 Å². The number of hydrogen-bond acceptors (Lipinski definition) is 3. The second-order valence-electron chi connectivity index (χ2n) is 4.96. The lowest BCUT2D eigenvalue weighted by atomic mass is 10.2. The number of aliphatic hydroxyl groups excluding tert-OH is 1. The quantitative estimate of drug-likeness (QED) is 0.649. The predicted octanol–water partition coefficient (Wildman–Crippen LogP) is 0.502. The Hall–Kier alpha value is -0.610. The molecular formula is C12H22N2O2. The summed E-state index contributed by atoms with van der Waals surface area (Å²) in [6.45, 7) is 2.37. The van der Waals surface area contributed by atoms with E-state index in [2.05, 4.69) is 10.2 Å². The Balaban J connectivity index is 1.60. The van der Waals surface area contributed by atoms with Crippen molar-refractivity contribution in [2.75, 3.05) is 19.7 Å². The van der Waals surface area contributed by atoms with E-state index in [-0.39, 0.29) is 12.5 Å². The van der Waals surface area contributed by atoms with Gasteiger partial charge >= 0.3 is 0 Å². The molecule has 0 bridgehead atoms. The Morgan fingerprint density at radius 3 is 2.81 bits per heavy atom. The summed E-state index contributed by atoms with van der Waals surface area (Å²) < 4.78 is 0. The van der Waals surface area contributed by atoms with Crippen LogP contribution in [-0.2, 0) is 4.79 Å². The van der Waals surface area contributed by atoms with Crippen molar-refractivity contribution in [3.05, 3.63) is 0 Å². The predicted molar refractivity (Wildman–Crippen MR) is 62.1 cm³/mol. The molecule has 0 radical (unpaired) electrons. The first-order valence-electron chi connectivity index (χ1n) is 6.44. The van der Waals surface area contributed by atoms with Crippen LogP contribution in [0.15, 0.2) is 0 Å². The third kappa shape index (κ3) is 3.46. The molecule has 2 fully saturated rings. The molecule has 1 atom stereocenters. The number of amides is 1. The van der Waals surface area contributed by atoms with Gasteiger partial charge in [-0.15, -0.1) is 0 Å². The SMILES string of the molecule is O=C(CCCCO)NC1CCN(C2CC2)C1. The van der Waals surface area contributed by atoms with E-state index in [1.54, 1.807) is 0 Å². The van der Waals surface area contributed by atoms with Gasteiger partial charge in [0.1, 0.15) is 0 Å². The summed E-state index contributed by atoms with van der Waals surface area (Å²) in [7, 11) is 0. The Morgan fingerprint density at radius 2 is 2.12 bits per heavy atom. The second kappa shape index (κ2) is 5.64. The molecule has 1 aliphatic carbocycles. The van der Waals surface area contributed by atoms with Crippen molar-refractivity contribution in [2.45, 2.75) is 50.6 Å². The van der Waals surface area contributed by atoms with E-state index in [0.29, 0.717) is 12.5 Å². The molecule has 1 amide bonds. The molecule has 0 spiro atoms. The molecule has 1 unspecified atom stereocenters. The van der Waals surface area contributed by atoms with Crippen LogP contribution in [0.25, 0.3) is 0 Å². The molecule has 2 rings (SSSR count). The van der Waals surface area contributed by atoms with Crippen LogP contribution in [0.5, 0.6) is 0 Å². The Labute approximate surface area is 97.0 Å². The monoisotopic (exact) mass is 226 g/mol. The lowest BCUT2D eigenvalue weighted by Gasteiger charge is -2.15. The third-order valence-corrected chi connectivity index (χ3v) is 3.46. The first-order valence-corrected chi connectivity index (χ1v) is 6.44. The van der Waals surface area contributed by atoms with Gasteiger partial charge in [0.05, 0.1) is 0 Å². The fraction of sp³-hybridized carbons (Fsp3) is 0.917. The lowest BCUT2D eigenvalue weighted by Crippen LogP contribution is -2.37. The summed E-state index contributed by atoms with van der Waals surface area (Å²) in [5, 5.41) is 11.7. The third-order valence-electron chi connectivity index (χ3n) is 3.46. The van der Waals surface area contributed by atoms with E-state index < -0.39 is 0 Å². The maximum Gasteiger partial charge on any atom is 0.220 e. The summed E-state index contributed by atoms with van der Waals surface area (Å²) >= 11 is 0. The minimum atomic E-state index is 0.149. The number of unbranched alkanes of at least 4 members (excludes halogenated alkanes) is 1. The van der Waals surface area contributed by atoms with Crippen LogP contribution in [0.3, 0.4) is 0 Å². The fourth-order valence-corrected chi connectivity index (χ4v) is 2.37. The topological polar surface area (TPSA) is 52.6 Å². The normalized spacial score (nSPS) is 25.9. The minimum Gasteiger partial charge on any atom is -0.396 e. The number of hydrogen-bond donors (Lipinski definition) is 2. The average Bonchev–Trinajstić information content (AvgIpc) is 3.01. The Morgan fingerprint density at radius 1 is 1.31 bits per heavy atom. The van der Waals surface area contributed by atoms with Gasteiger partial charge in [-0.1, -0.05) is 0 Å². The highest BCUT2D eigenvalue weighted by Crippen LogP contribution is 2.29. The van der Waals surface area contributed by atoms with Crippen LogP contribution in [0.4, 0.5) is 0 Å². The molecule has 4 nitrogen and oxygen atoms in total. The van der Waals surface area contributed by atoms with Gasteiger partial charge in [0.15, 0.2) is 0 Å². The second-order valence-corrected chi connectivity index (χ2v) is 4.96. The van der Waals surface area contributed by atoms with Crippen LogP contribution in [0, 0.1) is 0 Å². The summed E-state index contributed by atoms with van der Waals surface area (Å²) in [6.07, 6.45) is 5.87. The summed E-state index contributed by atoms with van der Waals surface area (Å²) in [5.41, 5.74) is 0. The molecule has 0 aromatic carbocycles. The number of nitrogens with zero attached hydrogens (tertiary/aromatic N) is 1. The van der Waals surface area contributed by atoms with Gasteiger partial charge in [-0.05, 0) is 32.1 Å². The highest BCUT2D eigenvalue weighted by molar-refractivity contribution is 5.76. The summed E-state index contributed by atoms with van der Waals surface area (Å²) in [6, 6.07) is 1.18. The zero-order valence-corrected chi connectivity index (χ0v) is 9.82. The lowest BCUT2D eigenvalue weighted by molar-refractivity contribution is -0.121. The maximum atomic E-state index is 11.6. The van der Waals surface area contributed by atoms with Crippen molar-refractivity contribution in [1.29, 1.82) is 0 Å². The maximum absolute atomic E-state index is 11.6. The molecule has 16 heavy (non-hydrogen) atoms. The van der Waals surface area contributed by atoms with Crippen molar-refractivity contribution in [3.63, 3.8) is 0 Å². The molecule has 1 heterocycles. The fourth-order valence-electron chi connectivity index (χ4n) is 2.37. The molecule has 2 aliphatic rings. The highest BCUT2D eigenvalue weighted by atomic mass is 16.2. The number of carbonyl (C=O) groups excluding carboxylic acids is 1. The van der Waals surface area contributed by atoms with Crippen molar-refractivity contribution >= 4 is 5.91 Å². The number of rotatable bonds is 6. The van der Waals surface area contributed by atoms with E-state index in [9.17, 15) is 4.79 Å². The van der Waals surface area contributed by atoms with Crippen LogP contribution < -0.4 is 5.32 Å². The van der Waals surface area contributed by atoms with Gasteiger partial charge in [-0.2, -0.15) is 0 Å². The first kappa shape index (κ1) is 11.9. The largest absolute Gasteiger partial charge is 0.396 e. The van der Waals surface area contributed by atoms with Gasteiger partial charge in [-0.3, -0.25) is 9.69 Å². The molecule has 0 aromatic heterocycles. The van der Waals surface area contributed by atoms with Crippen molar-refractivity contribution in [2.24, 2.45) is 0 Å². The van der Waals surface area contributed by atoms with E-state index >= 15 is 0 Å². The molecule has 4 heteroatoms. The van der Waals surface area contributed by atoms with Gasteiger partial charge in [0.2, 0.25) is 5.91 Å². The standard InChI is InChI=1S/C12H22N2O2/c15-8-2-1-3-12(16)13-10-6-7-14(9-10)11-4-5-11/h10-11,15H,1-9H2,(H,13,16). The van der Waals surface area contributed by atoms with Crippen LogP contribution >= 0.6 is 0 Å². The van der Waals surface area contributed by atoms with Gasteiger partial charge < -0.3 is 10.4 Å². The zero-order valence-electron chi connectivity index (χ0n) is 9.82. The number of carbonyl (C=O) groups is 1. The molecule has 2 N–H and O–H groups in total. The van der Waals surface area contributed by atoms with Crippen molar-refractivity contribution < 1.29 is 9.90 Å². The zero-order chi connectivity index (χ0) is 11.4. The van der Waals surface area contributed by atoms with Crippen molar-refractivity contribution in [3.8, 4) is 0 Å². The van der Waals surface area contributed by atoms with E-state index in [1.807, 2.05) is 0 Å². The molecular weight excluding hydrogens is 204 g/mol. The van der Waals surface area contributed by atoms with Gasteiger partial charge in [0.25, 0.3) is 0 Å². The molecule has 1 aliphatic heterocycles. The van der Waals surface area contributed by atoms with E-state index in [0.717, 1.165) is 38.4 Å². The molecule has 0 aromatic rings. The van der Waals surface area contributed by atoms with Crippen molar-refractivity contribution in [1.82, 2.24) is 10.2 Å². The van der Waals surface area contributed by atoms with Crippen LogP contribution in [0.2, 0.25) is 0 Å². The highest BCUT2D eigenvalue weighted by Gasteiger charge is 2.34. The van der Waals surface area contributed by atoms with E-state index in [4.69, 9.17) is 5.11 Å².